The highest BCUT2D eigenvalue weighted by Gasteiger charge is 2.06. The van der Waals surface area contributed by atoms with Crippen LogP contribution in [0, 0.1) is 0 Å². The summed E-state index contributed by atoms with van der Waals surface area (Å²) in [5, 5.41) is 2.11. The third kappa shape index (κ3) is 2.42. The average Bonchev–Trinajstić information content (AvgIpc) is 2.28. The van der Waals surface area contributed by atoms with Crippen molar-refractivity contribution in [3.8, 4) is 5.75 Å². The van der Waals surface area contributed by atoms with Crippen LogP contribution in [-0.2, 0) is 11.2 Å². The van der Waals surface area contributed by atoms with Gasteiger partial charge in [0.2, 0.25) is 5.91 Å². The highest BCUT2D eigenvalue weighted by Crippen LogP contribution is 2.33. The Balaban J connectivity index is 2.53. The van der Waals surface area contributed by atoms with E-state index in [4.69, 9.17) is 10.5 Å². The van der Waals surface area contributed by atoms with Crippen molar-refractivity contribution >= 4 is 32.6 Å². The van der Waals surface area contributed by atoms with E-state index in [-0.39, 0.29) is 12.3 Å². The van der Waals surface area contributed by atoms with Gasteiger partial charge < -0.3 is 10.5 Å². The van der Waals surface area contributed by atoms with Crippen LogP contribution >= 0.6 is 15.9 Å². The van der Waals surface area contributed by atoms with Gasteiger partial charge in [-0.2, -0.15) is 0 Å². The largest absolute Gasteiger partial charge is 0.496 e. The van der Waals surface area contributed by atoms with Crippen LogP contribution in [0.3, 0.4) is 0 Å². The van der Waals surface area contributed by atoms with Crippen molar-refractivity contribution in [1.29, 1.82) is 0 Å². The molecule has 0 heterocycles. The number of primary amides is 1. The summed E-state index contributed by atoms with van der Waals surface area (Å²) in [5.41, 5.74) is 6.09. The molecule has 0 aliphatic rings. The molecule has 0 bridgehead atoms. The molecule has 17 heavy (non-hydrogen) atoms. The lowest BCUT2D eigenvalue weighted by molar-refractivity contribution is -0.117. The van der Waals surface area contributed by atoms with Gasteiger partial charge in [-0.1, -0.05) is 24.3 Å². The first-order chi connectivity index (χ1) is 8.11. The van der Waals surface area contributed by atoms with E-state index in [0.717, 1.165) is 26.6 Å². The zero-order valence-corrected chi connectivity index (χ0v) is 11.0. The Morgan fingerprint density at radius 2 is 2.12 bits per heavy atom. The van der Waals surface area contributed by atoms with Crippen LogP contribution in [0.5, 0.6) is 5.75 Å². The number of hydrogen-bond donors (Lipinski definition) is 1. The normalized spacial score (nSPS) is 10.5. The molecule has 2 rings (SSSR count). The lowest BCUT2D eigenvalue weighted by Gasteiger charge is -2.08. The third-order valence-corrected chi connectivity index (χ3v) is 3.40. The van der Waals surface area contributed by atoms with E-state index in [1.54, 1.807) is 7.11 Å². The molecule has 3 nitrogen and oxygen atoms in total. The molecule has 0 saturated carbocycles. The van der Waals surface area contributed by atoms with Gasteiger partial charge in [0, 0.05) is 0 Å². The first-order valence-corrected chi connectivity index (χ1v) is 5.94. The molecule has 0 saturated heterocycles. The standard InChI is InChI=1S/C13H12BrNO2/c1-17-11-5-3-9-6-8(7-12(15)16)2-4-10(9)13(11)14/h2-6H,7H2,1H3,(H2,15,16). The predicted octanol–water partition coefficient (Wildman–Crippen LogP) is 2.64. The number of amides is 1. The smallest absolute Gasteiger partial charge is 0.221 e. The van der Waals surface area contributed by atoms with E-state index in [1.807, 2.05) is 30.3 Å². The lowest BCUT2D eigenvalue weighted by Crippen LogP contribution is -2.13. The van der Waals surface area contributed by atoms with Gasteiger partial charge in [-0.15, -0.1) is 0 Å². The van der Waals surface area contributed by atoms with Crippen molar-refractivity contribution in [2.45, 2.75) is 6.42 Å². The molecule has 0 unspecified atom stereocenters. The highest BCUT2D eigenvalue weighted by molar-refractivity contribution is 9.10. The van der Waals surface area contributed by atoms with Crippen LogP contribution in [0.25, 0.3) is 10.8 Å². The van der Waals surface area contributed by atoms with Crippen molar-refractivity contribution in [2.75, 3.05) is 7.11 Å². The van der Waals surface area contributed by atoms with Gasteiger partial charge in [-0.25, -0.2) is 0 Å². The number of hydrogen-bond acceptors (Lipinski definition) is 2. The van der Waals surface area contributed by atoms with Gasteiger partial charge >= 0.3 is 0 Å². The maximum Gasteiger partial charge on any atom is 0.221 e. The Morgan fingerprint density at radius 3 is 2.76 bits per heavy atom. The number of halogens is 1. The van der Waals surface area contributed by atoms with Crippen LogP contribution in [0.2, 0.25) is 0 Å². The van der Waals surface area contributed by atoms with Crippen LogP contribution in [0.4, 0.5) is 0 Å². The van der Waals surface area contributed by atoms with Crippen LogP contribution < -0.4 is 10.5 Å². The predicted molar refractivity (Wildman–Crippen MR) is 71.1 cm³/mol. The van der Waals surface area contributed by atoms with E-state index < -0.39 is 0 Å². The van der Waals surface area contributed by atoms with Gasteiger partial charge in [0.25, 0.3) is 0 Å². The molecule has 1 amide bonds. The molecular formula is C13H12BrNO2. The maximum atomic E-state index is 10.9. The van der Waals surface area contributed by atoms with Gasteiger partial charge in [-0.3, -0.25) is 4.79 Å². The van der Waals surface area contributed by atoms with Crippen molar-refractivity contribution < 1.29 is 9.53 Å². The van der Waals surface area contributed by atoms with Gasteiger partial charge in [0.1, 0.15) is 5.75 Å². The molecule has 0 fully saturated rings. The maximum absolute atomic E-state index is 10.9. The number of rotatable bonds is 3. The summed E-state index contributed by atoms with van der Waals surface area (Å²) in [4.78, 5) is 10.9. The number of carbonyl (C=O) groups is 1. The quantitative estimate of drug-likeness (QED) is 0.946. The summed E-state index contributed by atoms with van der Waals surface area (Å²) in [6.45, 7) is 0. The van der Waals surface area contributed by atoms with Crippen LogP contribution in [0.1, 0.15) is 5.56 Å². The van der Waals surface area contributed by atoms with E-state index >= 15 is 0 Å². The number of methoxy groups -OCH3 is 1. The Labute approximate surface area is 108 Å². The van der Waals surface area contributed by atoms with Gasteiger partial charge in [0.05, 0.1) is 18.0 Å². The second-order valence-electron chi connectivity index (χ2n) is 3.78. The Bertz CT molecular complexity index is 581. The summed E-state index contributed by atoms with van der Waals surface area (Å²) < 4.78 is 6.15. The molecule has 2 N–H and O–H groups in total. The fourth-order valence-corrected chi connectivity index (χ4v) is 2.45. The summed E-state index contributed by atoms with van der Waals surface area (Å²) in [5.74, 6) is 0.470. The first kappa shape index (κ1) is 11.9. The van der Waals surface area contributed by atoms with E-state index in [9.17, 15) is 4.79 Å². The summed E-state index contributed by atoms with van der Waals surface area (Å²) in [7, 11) is 1.63. The average molecular weight is 294 g/mol. The molecule has 2 aromatic carbocycles. The lowest BCUT2D eigenvalue weighted by atomic mass is 10.0. The molecule has 0 aromatic heterocycles. The molecule has 4 heteroatoms. The van der Waals surface area contributed by atoms with Crippen molar-refractivity contribution in [3.05, 3.63) is 40.4 Å². The topological polar surface area (TPSA) is 52.3 Å². The number of carbonyl (C=O) groups excluding carboxylic acids is 1. The minimum absolute atomic E-state index is 0.263. The van der Waals surface area contributed by atoms with Gasteiger partial charge in [0.15, 0.2) is 0 Å². The monoisotopic (exact) mass is 293 g/mol. The second-order valence-corrected chi connectivity index (χ2v) is 4.57. The molecule has 0 radical (unpaired) electrons. The number of benzene rings is 2. The summed E-state index contributed by atoms with van der Waals surface area (Å²) >= 11 is 3.50. The molecule has 0 aliphatic carbocycles. The van der Waals surface area contributed by atoms with Crippen molar-refractivity contribution in [1.82, 2.24) is 0 Å². The van der Waals surface area contributed by atoms with E-state index in [0.29, 0.717) is 0 Å². The molecular weight excluding hydrogens is 282 g/mol. The Morgan fingerprint density at radius 1 is 1.35 bits per heavy atom. The minimum Gasteiger partial charge on any atom is -0.496 e. The number of fused-ring (bicyclic) bond motifs is 1. The zero-order valence-electron chi connectivity index (χ0n) is 9.37. The molecule has 2 aromatic rings. The first-order valence-electron chi connectivity index (χ1n) is 5.15. The molecule has 0 atom stereocenters. The fraction of sp³-hybridized carbons (Fsp3) is 0.154. The Kier molecular flexibility index (Phi) is 3.33. The summed E-state index contributed by atoms with van der Waals surface area (Å²) in [6, 6.07) is 9.67. The van der Waals surface area contributed by atoms with Crippen LogP contribution in [-0.4, -0.2) is 13.0 Å². The minimum atomic E-state index is -0.322. The summed E-state index contributed by atoms with van der Waals surface area (Å²) in [6.07, 6.45) is 0.263. The Hall–Kier alpha value is -1.55. The van der Waals surface area contributed by atoms with Crippen molar-refractivity contribution in [3.63, 3.8) is 0 Å². The SMILES string of the molecule is COc1ccc2cc(CC(N)=O)ccc2c1Br. The number of nitrogens with two attached hydrogens (primary N) is 1. The van der Waals surface area contributed by atoms with E-state index in [1.165, 1.54) is 0 Å². The van der Waals surface area contributed by atoms with Crippen LogP contribution in [0.15, 0.2) is 34.8 Å². The fourth-order valence-electron chi connectivity index (χ4n) is 1.79. The van der Waals surface area contributed by atoms with E-state index in [2.05, 4.69) is 15.9 Å². The molecule has 88 valence electrons. The van der Waals surface area contributed by atoms with Crippen molar-refractivity contribution in [2.24, 2.45) is 5.73 Å². The number of ether oxygens (including phenoxy) is 1. The molecule has 0 aliphatic heterocycles. The zero-order chi connectivity index (χ0) is 12.4. The second kappa shape index (κ2) is 4.75. The molecule has 0 spiro atoms. The highest BCUT2D eigenvalue weighted by atomic mass is 79.9. The third-order valence-electron chi connectivity index (χ3n) is 2.58. The van der Waals surface area contributed by atoms with Gasteiger partial charge in [-0.05, 0) is 38.3 Å².